The summed E-state index contributed by atoms with van der Waals surface area (Å²) in [6.07, 6.45) is 3.66. The Labute approximate surface area is 102 Å². The Morgan fingerprint density at radius 1 is 1.53 bits per heavy atom. The predicted octanol–water partition coefficient (Wildman–Crippen LogP) is 0.570. The lowest BCUT2D eigenvalue weighted by molar-refractivity contribution is 0.0274. The third-order valence-electron chi connectivity index (χ3n) is 3.21. The minimum absolute atomic E-state index is 0.0648. The van der Waals surface area contributed by atoms with Gasteiger partial charge in [-0.3, -0.25) is 0 Å². The molecule has 0 saturated heterocycles. The molecule has 0 radical (unpaired) electrons. The van der Waals surface area contributed by atoms with E-state index >= 15 is 0 Å². The molecule has 0 unspecified atom stereocenters. The first kappa shape index (κ1) is 12.3. The standard InChI is InChI=1S/C12H20N4O/c1-16(8-10-4-11(17)5-10)7-9-2-3-12(15-13)14-6-9/h2-3,6,10-11,17H,4-5,7-8,13H2,1H3,(H,14,15). The average Bonchev–Trinajstić information content (AvgIpc) is 2.28. The van der Waals surface area contributed by atoms with Crippen molar-refractivity contribution in [3.8, 4) is 0 Å². The maximum atomic E-state index is 9.23. The van der Waals surface area contributed by atoms with Crippen molar-refractivity contribution >= 4 is 5.82 Å². The highest BCUT2D eigenvalue weighted by molar-refractivity contribution is 5.33. The van der Waals surface area contributed by atoms with Crippen molar-refractivity contribution in [3.05, 3.63) is 23.9 Å². The molecule has 0 aliphatic heterocycles. The van der Waals surface area contributed by atoms with Crippen molar-refractivity contribution in [1.82, 2.24) is 9.88 Å². The van der Waals surface area contributed by atoms with Crippen LogP contribution in [0.1, 0.15) is 18.4 Å². The molecule has 1 heterocycles. The van der Waals surface area contributed by atoms with E-state index in [4.69, 9.17) is 5.84 Å². The highest BCUT2D eigenvalue weighted by atomic mass is 16.3. The van der Waals surface area contributed by atoms with Gasteiger partial charge >= 0.3 is 0 Å². The first-order valence-corrected chi connectivity index (χ1v) is 5.95. The monoisotopic (exact) mass is 236 g/mol. The normalized spacial score (nSPS) is 23.5. The summed E-state index contributed by atoms with van der Waals surface area (Å²) >= 11 is 0. The number of nitrogens with one attached hydrogen (secondary N) is 1. The largest absolute Gasteiger partial charge is 0.393 e. The number of nitrogens with two attached hydrogens (primary N) is 1. The summed E-state index contributed by atoms with van der Waals surface area (Å²) in [5.74, 6) is 6.58. The van der Waals surface area contributed by atoms with Crippen LogP contribution in [0.2, 0.25) is 0 Å². The van der Waals surface area contributed by atoms with Crippen LogP contribution in [0.5, 0.6) is 0 Å². The molecule has 0 amide bonds. The second kappa shape index (κ2) is 5.44. The molecule has 0 atom stereocenters. The summed E-state index contributed by atoms with van der Waals surface area (Å²) in [5.41, 5.74) is 3.68. The highest BCUT2D eigenvalue weighted by Gasteiger charge is 2.27. The molecule has 1 saturated carbocycles. The molecular formula is C12H20N4O. The molecule has 1 aliphatic rings. The topological polar surface area (TPSA) is 74.4 Å². The van der Waals surface area contributed by atoms with Crippen molar-refractivity contribution in [1.29, 1.82) is 0 Å². The highest BCUT2D eigenvalue weighted by Crippen LogP contribution is 2.27. The fraction of sp³-hybridized carbons (Fsp3) is 0.583. The van der Waals surface area contributed by atoms with Crippen LogP contribution >= 0.6 is 0 Å². The minimum atomic E-state index is -0.0648. The molecule has 1 fully saturated rings. The van der Waals surface area contributed by atoms with Crippen molar-refractivity contribution in [2.45, 2.75) is 25.5 Å². The van der Waals surface area contributed by atoms with E-state index in [1.807, 2.05) is 18.3 Å². The number of anilines is 1. The smallest absolute Gasteiger partial charge is 0.139 e. The van der Waals surface area contributed by atoms with Gasteiger partial charge in [-0.2, -0.15) is 0 Å². The number of hydrogen-bond acceptors (Lipinski definition) is 5. The van der Waals surface area contributed by atoms with Gasteiger partial charge in [0.05, 0.1) is 6.10 Å². The lowest BCUT2D eigenvalue weighted by Gasteiger charge is -2.34. The number of aliphatic hydroxyl groups excluding tert-OH is 1. The molecule has 94 valence electrons. The molecule has 5 nitrogen and oxygen atoms in total. The molecule has 1 aromatic rings. The van der Waals surface area contributed by atoms with Gasteiger partial charge in [0.2, 0.25) is 0 Å². The summed E-state index contributed by atoms with van der Waals surface area (Å²) in [6.45, 7) is 1.92. The molecular weight excluding hydrogens is 216 g/mol. The Morgan fingerprint density at radius 3 is 2.82 bits per heavy atom. The summed E-state index contributed by atoms with van der Waals surface area (Å²) in [7, 11) is 2.10. The molecule has 17 heavy (non-hydrogen) atoms. The van der Waals surface area contributed by atoms with Crippen molar-refractivity contribution in [2.75, 3.05) is 19.0 Å². The first-order valence-electron chi connectivity index (χ1n) is 5.95. The lowest BCUT2D eigenvalue weighted by atomic mass is 9.82. The third-order valence-corrected chi connectivity index (χ3v) is 3.21. The molecule has 4 N–H and O–H groups in total. The molecule has 0 bridgehead atoms. The Bertz CT molecular complexity index is 348. The summed E-state index contributed by atoms with van der Waals surface area (Å²) in [4.78, 5) is 6.44. The van der Waals surface area contributed by atoms with E-state index < -0.39 is 0 Å². The van der Waals surface area contributed by atoms with Crippen LogP contribution < -0.4 is 11.3 Å². The Hall–Kier alpha value is -1.17. The van der Waals surface area contributed by atoms with Gasteiger partial charge in [0.25, 0.3) is 0 Å². The fourth-order valence-corrected chi connectivity index (χ4v) is 2.27. The Kier molecular flexibility index (Phi) is 3.93. The van der Waals surface area contributed by atoms with E-state index in [0.717, 1.165) is 25.9 Å². The van der Waals surface area contributed by atoms with E-state index in [0.29, 0.717) is 11.7 Å². The Morgan fingerprint density at radius 2 is 2.29 bits per heavy atom. The van der Waals surface area contributed by atoms with Gasteiger partial charge in [0.15, 0.2) is 0 Å². The van der Waals surface area contributed by atoms with Gasteiger partial charge in [-0.05, 0) is 37.4 Å². The number of rotatable bonds is 5. The van der Waals surface area contributed by atoms with Gasteiger partial charge in [-0.25, -0.2) is 10.8 Å². The molecule has 1 aromatic heterocycles. The van der Waals surface area contributed by atoms with Gasteiger partial charge in [0, 0.05) is 19.3 Å². The van der Waals surface area contributed by atoms with Gasteiger partial charge in [-0.1, -0.05) is 6.07 Å². The van der Waals surface area contributed by atoms with Crippen LogP contribution in [0.4, 0.5) is 5.82 Å². The van der Waals surface area contributed by atoms with E-state index in [9.17, 15) is 5.11 Å². The summed E-state index contributed by atoms with van der Waals surface area (Å²) in [5, 5.41) is 9.23. The van der Waals surface area contributed by atoms with Gasteiger partial charge < -0.3 is 15.4 Å². The van der Waals surface area contributed by atoms with Crippen LogP contribution in [0.3, 0.4) is 0 Å². The predicted molar refractivity (Wildman–Crippen MR) is 67.1 cm³/mol. The van der Waals surface area contributed by atoms with Crippen LogP contribution in [-0.4, -0.2) is 34.7 Å². The van der Waals surface area contributed by atoms with Gasteiger partial charge in [-0.15, -0.1) is 0 Å². The van der Waals surface area contributed by atoms with Crippen molar-refractivity contribution in [2.24, 2.45) is 11.8 Å². The number of nitrogen functional groups attached to an aromatic ring is 1. The second-order valence-corrected chi connectivity index (χ2v) is 4.88. The van der Waals surface area contributed by atoms with Crippen LogP contribution in [0, 0.1) is 5.92 Å². The van der Waals surface area contributed by atoms with Crippen molar-refractivity contribution < 1.29 is 5.11 Å². The zero-order valence-corrected chi connectivity index (χ0v) is 10.1. The first-order chi connectivity index (χ1) is 8.17. The molecule has 5 heteroatoms. The lowest BCUT2D eigenvalue weighted by Crippen LogP contribution is -2.36. The number of hydrogen-bond donors (Lipinski definition) is 3. The molecule has 0 aromatic carbocycles. The zero-order chi connectivity index (χ0) is 12.3. The number of pyridine rings is 1. The molecule has 1 aliphatic carbocycles. The number of aliphatic hydroxyl groups is 1. The van der Waals surface area contributed by atoms with E-state index in [-0.39, 0.29) is 6.10 Å². The van der Waals surface area contributed by atoms with E-state index in [2.05, 4.69) is 22.4 Å². The van der Waals surface area contributed by atoms with E-state index in [1.165, 1.54) is 5.56 Å². The third kappa shape index (κ3) is 3.39. The number of hydrazine groups is 1. The quantitative estimate of drug-likeness (QED) is 0.515. The zero-order valence-electron chi connectivity index (χ0n) is 10.1. The SMILES string of the molecule is CN(Cc1ccc(NN)nc1)CC1CC(O)C1. The van der Waals surface area contributed by atoms with Crippen LogP contribution in [0.15, 0.2) is 18.3 Å². The van der Waals surface area contributed by atoms with Crippen LogP contribution in [-0.2, 0) is 6.54 Å². The van der Waals surface area contributed by atoms with Crippen LogP contribution in [0.25, 0.3) is 0 Å². The average molecular weight is 236 g/mol. The number of aromatic nitrogens is 1. The maximum Gasteiger partial charge on any atom is 0.139 e. The summed E-state index contributed by atoms with van der Waals surface area (Å²) < 4.78 is 0. The maximum absolute atomic E-state index is 9.23. The minimum Gasteiger partial charge on any atom is -0.393 e. The van der Waals surface area contributed by atoms with Crippen molar-refractivity contribution in [3.63, 3.8) is 0 Å². The molecule has 2 rings (SSSR count). The van der Waals surface area contributed by atoms with E-state index in [1.54, 1.807) is 0 Å². The molecule has 0 spiro atoms. The number of nitrogens with zero attached hydrogens (tertiary/aromatic N) is 2. The Balaban J connectivity index is 1.78. The summed E-state index contributed by atoms with van der Waals surface area (Å²) in [6, 6.07) is 3.89. The van der Waals surface area contributed by atoms with Gasteiger partial charge in [0.1, 0.15) is 5.82 Å². The second-order valence-electron chi connectivity index (χ2n) is 4.88. The fourth-order valence-electron chi connectivity index (χ4n) is 2.27.